The minimum atomic E-state index is -0.255. The molecule has 2 saturated heterocycles. The van der Waals surface area contributed by atoms with E-state index in [1.807, 2.05) is 18.3 Å². The second kappa shape index (κ2) is 7.18. The van der Waals surface area contributed by atoms with Crippen molar-refractivity contribution in [2.75, 3.05) is 36.1 Å². The Morgan fingerprint density at radius 2 is 1.72 bits per heavy atom. The molecule has 0 atom stereocenters. The number of anilines is 2. The van der Waals surface area contributed by atoms with E-state index in [9.17, 15) is 4.39 Å². The minimum Gasteiger partial charge on any atom is -0.371 e. The van der Waals surface area contributed by atoms with Crippen LogP contribution >= 0.6 is 0 Å². The number of piperidine rings is 1. The highest BCUT2D eigenvalue weighted by Gasteiger charge is 2.39. The highest BCUT2D eigenvalue weighted by Crippen LogP contribution is 2.38. The van der Waals surface area contributed by atoms with Crippen LogP contribution in [0.3, 0.4) is 0 Å². The van der Waals surface area contributed by atoms with Gasteiger partial charge in [-0.1, -0.05) is 12.1 Å². The molecule has 0 radical (unpaired) electrons. The minimum absolute atomic E-state index is 0.252. The lowest BCUT2D eigenvalue weighted by Gasteiger charge is -2.49. The molecule has 3 aromatic rings. The number of nitrogens with two attached hydrogens (primary N) is 1. The molecule has 164 valence electrons. The molecule has 4 heterocycles. The van der Waals surface area contributed by atoms with Crippen molar-refractivity contribution in [3.63, 3.8) is 0 Å². The SMILES string of the molecule is N=C1c2cc(-c3ccc(F)cc3)cn2Cc2cc(N3CCC4(CC3)CNC4)ccc2N1N. The van der Waals surface area contributed by atoms with Crippen LogP contribution in [0.15, 0.2) is 54.7 Å². The van der Waals surface area contributed by atoms with E-state index in [4.69, 9.17) is 11.3 Å². The fourth-order valence-electron chi connectivity index (χ4n) is 5.27. The van der Waals surface area contributed by atoms with E-state index in [2.05, 4.69) is 26.9 Å². The van der Waals surface area contributed by atoms with Crippen LogP contribution in [0, 0.1) is 16.6 Å². The zero-order valence-electron chi connectivity index (χ0n) is 17.9. The third-order valence-corrected chi connectivity index (χ3v) is 7.41. The molecule has 0 unspecified atom stereocenters. The van der Waals surface area contributed by atoms with Gasteiger partial charge >= 0.3 is 0 Å². The highest BCUT2D eigenvalue weighted by molar-refractivity contribution is 6.08. The van der Waals surface area contributed by atoms with Gasteiger partial charge in [-0.15, -0.1) is 0 Å². The van der Waals surface area contributed by atoms with Gasteiger partial charge in [0.1, 0.15) is 5.82 Å². The topological polar surface area (TPSA) is 73.3 Å². The molecule has 32 heavy (non-hydrogen) atoms. The van der Waals surface area contributed by atoms with Crippen LogP contribution < -0.4 is 21.1 Å². The number of fused-ring (bicyclic) bond motifs is 2. The lowest BCUT2D eigenvalue weighted by molar-refractivity contribution is 0.126. The maximum absolute atomic E-state index is 13.3. The quantitative estimate of drug-likeness (QED) is 0.544. The normalized spacial score (nSPS) is 19.4. The Bertz CT molecular complexity index is 1180. The second-order valence-electron chi connectivity index (χ2n) is 9.37. The van der Waals surface area contributed by atoms with Crippen molar-refractivity contribution >= 4 is 17.2 Å². The molecule has 6 nitrogen and oxygen atoms in total. The second-order valence-corrected chi connectivity index (χ2v) is 9.37. The van der Waals surface area contributed by atoms with E-state index in [1.165, 1.54) is 35.7 Å². The van der Waals surface area contributed by atoms with Gasteiger partial charge in [-0.25, -0.2) is 10.2 Å². The lowest BCUT2D eigenvalue weighted by atomic mass is 9.73. The molecule has 3 aliphatic rings. The summed E-state index contributed by atoms with van der Waals surface area (Å²) in [4.78, 5) is 2.47. The fourth-order valence-corrected chi connectivity index (χ4v) is 5.27. The molecule has 0 aliphatic carbocycles. The molecule has 2 fully saturated rings. The Labute approximate surface area is 186 Å². The first-order chi connectivity index (χ1) is 15.5. The summed E-state index contributed by atoms with van der Waals surface area (Å²) in [6.45, 7) is 5.10. The van der Waals surface area contributed by atoms with Gasteiger partial charge in [0.05, 0.1) is 11.4 Å². The number of amidine groups is 1. The first kappa shape index (κ1) is 19.5. The number of benzene rings is 2. The van der Waals surface area contributed by atoms with Crippen molar-refractivity contribution in [2.24, 2.45) is 11.3 Å². The van der Waals surface area contributed by atoms with Crippen LogP contribution in [0.2, 0.25) is 0 Å². The summed E-state index contributed by atoms with van der Waals surface area (Å²) in [5.41, 5.74) is 6.32. The molecule has 0 bridgehead atoms. The summed E-state index contributed by atoms with van der Waals surface area (Å²) in [6, 6.07) is 14.8. The van der Waals surface area contributed by atoms with Crippen molar-refractivity contribution in [3.05, 3.63) is 71.8 Å². The van der Waals surface area contributed by atoms with Crippen LogP contribution in [0.5, 0.6) is 0 Å². The number of nitrogens with zero attached hydrogens (tertiary/aromatic N) is 3. The van der Waals surface area contributed by atoms with Gasteiger partial charge in [-0.3, -0.25) is 10.4 Å². The zero-order valence-corrected chi connectivity index (χ0v) is 17.9. The number of aromatic nitrogens is 1. The Hall–Kier alpha value is -3.16. The van der Waals surface area contributed by atoms with Gasteiger partial charge in [-0.2, -0.15) is 0 Å². The molecular weight excluding hydrogens is 403 g/mol. The van der Waals surface area contributed by atoms with E-state index in [0.29, 0.717) is 12.0 Å². The molecule has 1 aromatic heterocycles. The smallest absolute Gasteiger partial charge is 0.164 e. The van der Waals surface area contributed by atoms with Gasteiger partial charge < -0.3 is 14.8 Å². The Kier molecular flexibility index (Phi) is 4.38. The predicted molar refractivity (Wildman–Crippen MR) is 126 cm³/mol. The van der Waals surface area contributed by atoms with Crippen LogP contribution in [0.25, 0.3) is 11.1 Å². The molecule has 0 saturated carbocycles. The predicted octanol–water partition coefficient (Wildman–Crippen LogP) is 3.55. The van der Waals surface area contributed by atoms with E-state index in [0.717, 1.165) is 54.3 Å². The molecule has 3 aliphatic heterocycles. The van der Waals surface area contributed by atoms with Crippen molar-refractivity contribution < 1.29 is 4.39 Å². The summed E-state index contributed by atoms with van der Waals surface area (Å²) < 4.78 is 15.4. The first-order valence-electron chi connectivity index (χ1n) is 11.2. The van der Waals surface area contributed by atoms with Gasteiger partial charge in [0.25, 0.3) is 0 Å². The zero-order chi connectivity index (χ0) is 21.9. The van der Waals surface area contributed by atoms with Crippen molar-refractivity contribution in [1.82, 2.24) is 9.88 Å². The lowest BCUT2D eigenvalue weighted by Crippen LogP contribution is -2.58. The van der Waals surface area contributed by atoms with Crippen LogP contribution in [0.1, 0.15) is 24.1 Å². The number of rotatable bonds is 2. The summed E-state index contributed by atoms with van der Waals surface area (Å²) in [6.07, 6.45) is 4.49. The Morgan fingerprint density at radius 1 is 0.969 bits per heavy atom. The first-order valence-corrected chi connectivity index (χ1v) is 11.2. The van der Waals surface area contributed by atoms with Crippen molar-refractivity contribution in [1.29, 1.82) is 5.41 Å². The Morgan fingerprint density at radius 3 is 2.41 bits per heavy atom. The van der Waals surface area contributed by atoms with Gasteiger partial charge in [0.15, 0.2) is 5.84 Å². The van der Waals surface area contributed by atoms with Gasteiger partial charge in [0, 0.05) is 50.2 Å². The Balaban J connectivity index is 1.32. The summed E-state index contributed by atoms with van der Waals surface area (Å²) in [5.74, 6) is 6.38. The third-order valence-electron chi connectivity index (χ3n) is 7.41. The number of halogens is 1. The van der Waals surface area contributed by atoms with Crippen molar-refractivity contribution in [2.45, 2.75) is 19.4 Å². The van der Waals surface area contributed by atoms with Crippen LogP contribution in [-0.2, 0) is 6.54 Å². The van der Waals surface area contributed by atoms with Crippen molar-refractivity contribution in [3.8, 4) is 11.1 Å². The van der Waals surface area contributed by atoms with Gasteiger partial charge in [-0.05, 0) is 65.8 Å². The average Bonchev–Trinajstić information content (AvgIpc) is 3.17. The molecule has 4 N–H and O–H groups in total. The molecular formula is C25H27FN6. The number of hydrazine groups is 1. The largest absolute Gasteiger partial charge is 0.371 e. The van der Waals surface area contributed by atoms with E-state index in [-0.39, 0.29) is 11.7 Å². The summed E-state index contributed by atoms with van der Waals surface area (Å²) >= 11 is 0. The monoisotopic (exact) mass is 430 g/mol. The van der Waals surface area contributed by atoms with E-state index >= 15 is 0 Å². The summed E-state index contributed by atoms with van der Waals surface area (Å²) in [7, 11) is 0. The maximum Gasteiger partial charge on any atom is 0.164 e. The number of hydrogen-bond donors (Lipinski definition) is 3. The number of hydrogen-bond acceptors (Lipinski definition) is 4. The molecule has 6 rings (SSSR count). The highest BCUT2D eigenvalue weighted by atomic mass is 19.1. The maximum atomic E-state index is 13.3. The molecule has 0 amide bonds. The number of nitrogens with one attached hydrogen (secondary N) is 2. The van der Waals surface area contributed by atoms with E-state index < -0.39 is 0 Å². The van der Waals surface area contributed by atoms with E-state index in [1.54, 1.807) is 12.1 Å². The standard InChI is InChI=1S/C25H27FN6/c26-20-3-1-17(2-4-20)18-12-23-24(27)32(28)22-6-5-21(11-19(22)14-31(23)13-18)30-9-7-25(8-10-30)15-29-16-25/h1-6,11-13,27,29H,7-10,14-16,28H2. The van der Waals surface area contributed by atoms with Gasteiger partial charge in [0.2, 0.25) is 0 Å². The fraction of sp³-hybridized carbons (Fsp3) is 0.320. The van der Waals surface area contributed by atoms with Crippen LogP contribution in [0.4, 0.5) is 15.8 Å². The average molecular weight is 431 g/mol. The molecule has 7 heteroatoms. The molecule has 2 aromatic carbocycles. The molecule has 1 spiro atoms. The summed E-state index contributed by atoms with van der Waals surface area (Å²) in [5, 5.41) is 13.6. The van der Waals surface area contributed by atoms with Crippen LogP contribution in [-0.4, -0.2) is 36.6 Å². The third kappa shape index (κ3) is 3.12.